The highest BCUT2D eigenvalue weighted by Gasteiger charge is 2.10. The van der Waals surface area contributed by atoms with Gasteiger partial charge in [-0.2, -0.15) is 0 Å². The molecule has 1 unspecified atom stereocenters. The molecule has 0 aliphatic carbocycles. The van der Waals surface area contributed by atoms with Gasteiger partial charge in [0.15, 0.2) is 0 Å². The number of aliphatic hydroxyl groups excluding tert-OH is 1. The Hall–Kier alpha value is -2.21. The molecular formula is C13H15N3O3. The lowest BCUT2D eigenvalue weighted by Gasteiger charge is -2.09. The molecule has 0 amide bonds. The van der Waals surface area contributed by atoms with E-state index in [4.69, 9.17) is 5.11 Å². The van der Waals surface area contributed by atoms with Crippen molar-refractivity contribution in [1.29, 1.82) is 0 Å². The first-order chi connectivity index (χ1) is 9.15. The van der Waals surface area contributed by atoms with Gasteiger partial charge in [-0.3, -0.25) is 4.79 Å². The molecule has 6 nitrogen and oxygen atoms in total. The van der Waals surface area contributed by atoms with Crippen LogP contribution in [0, 0.1) is 0 Å². The van der Waals surface area contributed by atoms with Gasteiger partial charge in [0.25, 0.3) is 0 Å². The molecule has 1 aromatic carbocycles. The maximum Gasteiger partial charge on any atom is 0.303 e. The molecule has 2 N–H and O–H groups in total. The van der Waals surface area contributed by atoms with Crippen LogP contribution in [-0.2, 0) is 17.8 Å². The standard InChI is InChI=1S/C13H15N3O3/c17-12(10-4-2-1-3-5-10)9-16-8-11(14-15-16)6-7-13(18)19/h1-5,8,12,17H,6-7,9H2,(H,18,19). The van der Waals surface area contributed by atoms with E-state index in [1.807, 2.05) is 30.3 Å². The number of benzene rings is 1. The lowest BCUT2D eigenvalue weighted by molar-refractivity contribution is -0.136. The lowest BCUT2D eigenvalue weighted by atomic mass is 10.1. The van der Waals surface area contributed by atoms with Gasteiger partial charge < -0.3 is 10.2 Å². The van der Waals surface area contributed by atoms with Gasteiger partial charge in [-0.1, -0.05) is 35.5 Å². The Bertz CT molecular complexity index is 539. The molecule has 2 aromatic rings. The van der Waals surface area contributed by atoms with Crippen molar-refractivity contribution in [3.05, 3.63) is 47.8 Å². The molecule has 2 rings (SSSR count). The zero-order valence-corrected chi connectivity index (χ0v) is 10.3. The van der Waals surface area contributed by atoms with Gasteiger partial charge in [-0.25, -0.2) is 4.68 Å². The first-order valence-corrected chi connectivity index (χ1v) is 5.99. The summed E-state index contributed by atoms with van der Waals surface area (Å²) in [4.78, 5) is 10.4. The number of aliphatic hydroxyl groups is 1. The zero-order chi connectivity index (χ0) is 13.7. The molecule has 0 fully saturated rings. The topological polar surface area (TPSA) is 88.2 Å². The normalized spacial score (nSPS) is 12.3. The van der Waals surface area contributed by atoms with Crippen molar-refractivity contribution in [2.24, 2.45) is 0 Å². The van der Waals surface area contributed by atoms with Gasteiger partial charge in [0, 0.05) is 12.6 Å². The number of aliphatic carboxylic acids is 1. The van der Waals surface area contributed by atoms with E-state index in [9.17, 15) is 9.90 Å². The predicted octanol–water partition coefficient (Wildman–Crippen LogP) is 1.03. The molecule has 100 valence electrons. The van der Waals surface area contributed by atoms with Crippen molar-refractivity contribution in [2.45, 2.75) is 25.5 Å². The quantitative estimate of drug-likeness (QED) is 0.810. The second kappa shape index (κ2) is 6.10. The van der Waals surface area contributed by atoms with Crippen LogP contribution in [0.5, 0.6) is 0 Å². The van der Waals surface area contributed by atoms with Crippen molar-refractivity contribution in [3.8, 4) is 0 Å². The molecule has 1 aromatic heterocycles. The van der Waals surface area contributed by atoms with Gasteiger partial charge in [-0.15, -0.1) is 5.10 Å². The Labute approximate surface area is 110 Å². The number of carbonyl (C=O) groups is 1. The number of hydrogen-bond acceptors (Lipinski definition) is 4. The Morgan fingerprint density at radius 3 is 2.74 bits per heavy atom. The number of carboxylic acids is 1. The molecular weight excluding hydrogens is 246 g/mol. The van der Waals surface area contributed by atoms with Crippen molar-refractivity contribution < 1.29 is 15.0 Å². The third-order valence-electron chi connectivity index (χ3n) is 2.73. The maximum absolute atomic E-state index is 10.4. The third-order valence-corrected chi connectivity index (χ3v) is 2.73. The summed E-state index contributed by atoms with van der Waals surface area (Å²) >= 11 is 0. The molecule has 0 saturated heterocycles. The van der Waals surface area contributed by atoms with Gasteiger partial charge >= 0.3 is 5.97 Å². The second-order valence-electron chi connectivity index (χ2n) is 4.25. The van der Waals surface area contributed by atoms with E-state index in [0.717, 1.165) is 5.56 Å². The number of carboxylic acid groups (broad SMARTS) is 1. The summed E-state index contributed by atoms with van der Waals surface area (Å²) in [6.07, 6.45) is 1.38. The molecule has 0 aliphatic rings. The van der Waals surface area contributed by atoms with E-state index in [0.29, 0.717) is 18.7 Å². The monoisotopic (exact) mass is 261 g/mol. The predicted molar refractivity (Wildman–Crippen MR) is 67.4 cm³/mol. The minimum Gasteiger partial charge on any atom is -0.481 e. The molecule has 1 atom stereocenters. The van der Waals surface area contributed by atoms with Gasteiger partial charge in [0.1, 0.15) is 0 Å². The summed E-state index contributed by atoms with van der Waals surface area (Å²) in [5.74, 6) is -0.862. The largest absolute Gasteiger partial charge is 0.481 e. The highest BCUT2D eigenvalue weighted by molar-refractivity contribution is 5.66. The van der Waals surface area contributed by atoms with Crippen molar-refractivity contribution in [3.63, 3.8) is 0 Å². The van der Waals surface area contributed by atoms with Crippen LogP contribution >= 0.6 is 0 Å². The Kier molecular flexibility index (Phi) is 4.25. The number of aryl methyl sites for hydroxylation is 1. The van der Waals surface area contributed by atoms with E-state index < -0.39 is 12.1 Å². The number of aromatic nitrogens is 3. The number of rotatable bonds is 6. The highest BCUT2D eigenvalue weighted by atomic mass is 16.4. The average molecular weight is 261 g/mol. The van der Waals surface area contributed by atoms with Crippen LogP contribution in [0.4, 0.5) is 0 Å². The molecule has 0 aliphatic heterocycles. The van der Waals surface area contributed by atoms with Crippen molar-refractivity contribution >= 4 is 5.97 Å². The molecule has 1 heterocycles. The van der Waals surface area contributed by atoms with Gasteiger partial charge in [-0.05, 0) is 5.56 Å². The average Bonchev–Trinajstić information content (AvgIpc) is 2.85. The third kappa shape index (κ3) is 3.89. The summed E-state index contributed by atoms with van der Waals surface area (Å²) in [7, 11) is 0. The van der Waals surface area contributed by atoms with Crippen molar-refractivity contribution in [1.82, 2.24) is 15.0 Å². The molecule has 0 spiro atoms. The summed E-state index contributed by atoms with van der Waals surface area (Å²) in [5.41, 5.74) is 1.42. The fourth-order valence-electron chi connectivity index (χ4n) is 1.74. The van der Waals surface area contributed by atoms with Crippen LogP contribution in [0.25, 0.3) is 0 Å². The Balaban J connectivity index is 1.94. The lowest BCUT2D eigenvalue weighted by Crippen LogP contribution is -2.09. The molecule has 0 bridgehead atoms. The smallest absolute Gasteiger partial charge is 0.303 e. The van der Waals surface area contributed by atoms with Crippen LogP contribution < -0.4 is 0 Å². The minimum atomic E-state index is -0.862. The van der Waals surface area contributed by atoms with E-state index >= 15 is 0 Å². The first-order valence-electron chi connectivity index (χ1n) is 5.99. The van der Waals surface area contributed by atoms with Gasteiger partial charge in [0.05, 0.1) is 24.8 Å². The molecule has 6 heteroatoms. The second-order valence-corrected chi connectivity index (χ2v) is 4.25. The highest BCUT2D eigenvalue weighted by Crippen LogP contribution is 2.14. The summed E-state index contributed by atoms with van der Waals surface area (Å²) < 4.78 is 1.52. The van der Waals surface area contributed by atoms with Crippen LogP contribution in [0.2, 0.25) is 0 Å². The molecule has 19 heavy (non-hydrogen) atoms. The van der Waals surface area contributed by atoms with E-state index in [1.165, 1.54) is 4.68 Å². The van der Waals surface area contributed by atoms with E-state index in [-0.39, 0.29) is 6.42 Å². The van der Waals surface area contributed by atoms with Crippen LogP contribution in [0.15, 0.2) is 36.5 Å². The van der Waals surface area contributed by atoms with E-state index in [1.54, 1.807) is 6.20 Å². The Morgan fingerprint density at radius 2 is 2.05 bits per heavy atom. The summed E-state index contributed by atoms with van der Waals surface area (Å²) in [5, 5.41) is 26.3. The van der Waals surface area contributed by atoms with Crippen LogP contribution in [0.3, 0.4) is 0 Å². The Morgan fingerprint density at radius 1 is 1.32 bits per heavy atom. The van der Waals surface area contributed by atoms with Gasteiger partial charge in [0.2, 0.25) is 0 Å². The molecule has 0 saturated carbocycles. The molecule has 0 radical (unpaired) electrons. The number of hydrogen-bond donors (Lipinski definition) is 2. The fourth-order valence-corrected chi connectivity index (χ4v) is 1.74. The summed E-state index contributed by atoms with van der Waals surface area (Å²) in [6.45, 7) is 0.296. The SMILES string of the molecule is O=C(O)CCc1cn(CC(O)c2ccccc2)nn1. The van der Waals surface area contributed by atoms with Crippen LogP contribution in [0.1, 0.15) is 23.8 Å². The van der Waals surface area contributed by atoms with Crippen molar-refractivity contribution in [2.75, 3.05) is 0 Å². The maximum atomic E-state index is 10.4. The fraction of sp³-hybridized carbons (Fsp3) is 0.308. The van der Waals surface area contributed by atoms with E-state index in [2.05, 4.69) is 10.3 Å². The summed E-state index contributed by atoms with van der Waals surface area (Å²) in [6, 6.07) is 9.28. The zero-order valence-electron chi connectivity index (χ0n) is 10.3. The number of nitrogens with zero attached hydrogens (tertiary/aromatic N) is 3. The first kappa shape index (κ1) is 13.2. The minimum absolute atomic E-state index is 0.0277. The van der Waals surface area contributed by atoms with Crippen LogP contribution in [-0.4, -0.2) is 31.2 Å².